The maximum Gasteiger partial charge on any atom is 1.00 e. The van der Waals surface area contributed by atoms with Crippen LogP contribution in [0, 0.1) is 0 Å². The number of hydrogen-bond acceptors (Lipinski definition) is 4. The Kier molecular flexibility index (Phi) is 14.0. The third-order valence-electron chi connectivity index (χ3n) is 4.58. The fraction of sp³-hybridized carbons (Fsp3) is 0.458. The van der Waals surface area contributed by atoms with Gasteiger partial charge in [-0.05, 0) is 31.0 Å². The minimum absolute atomic E-state index is 0. The average Bonchev–Trinajstić information content (AvgIpc) is 2.75. The molecule has 0 amide bonds. The normalized spacial score (nSPS) is 10.7. The molecule has 0 aliphatic carbocycles. The molecule has 0 atom stereocenters. The monoisotopic (exact) mass is 456 g/mol. The first-order valence-corrected chi connectivity index (χ1v) is 11.9. The number of methoxy groups -OCH3 is 1. The molecule has 0 N–H and O–H groups in total. The number of halogens is 1. The molecule has 2 aromatic rings. The van der Waals surface area contributed by atoms with Gasteiger partial charge in [-0.25, -0.2) is 0 Å². The molecule has 0 aliphatic heterocycles. The maximum absolute atomic E-state index is 13.0. The van der Waals surface area contributed by atoms with Crippen LogP contribution >= 0.6 is 20.2 Å². The predicted octanol–water partition coefficient (Wildman–Crippen LogP) is 3.90. The van der Waals surface area contributed by atoms with Crippen molar-refractivity contribution in [2.24, 2.45) is 0 Å². The third-order valence-corrected chi connectivity index (χ3v) is 5.94. The molecule has 0 radical (unpaired) electrons. The Morgan fingerprint density at radius 3 is 2.26 bits per heavy atom. The van der Waals surface area contributed by atoms with Gasteiger partial charge in [-0.15, -0.1) is 0 Å². The number of unbranched alkanes of at least 4 members (excludes halogenated alkanes) is 4. The average molecular weight is 457 g/mol. The largest absolute Gasteiger partial charge is 1.00 e. The standard InChI is InChI=1S/C24H31ClO4P.Li/c1-4-6-8-15-28-18-13-14-22(21(17-18)29-16-9-7-5-2)30-24(26)23-19(25)11-10-12-20(23)27-3;/h10-14,17H,4-9,15-16H2,1-3H3;/q-1;+1. The summed E-state index contributed by atoms with van der Waals surface area (Å²) < 4.78 is 17.2. The minimum Gasteiger partial charge on any atom is -0.496 e. The number of rotatable bonds is 14. The number of carbonyl (C=O) groups excluding carboxylic acids is 1. The van der Waals surface area contributed by atoms with Crippen LogP contribution in [0.5, 0.6) is 17.2 Å². The van der Waals surface area contributed by atoms with Crippen LogP contribution in [0.25, 0.3) is 0 Å². The van der Waals surface area contributed by atoms with E-state index in [2.05, 4.69) is 13.8 Å². The molecule has 2 aromatic carbocycles. The minimum atomic E-state index is -0.132. The Labute approximate surface area is 205 Å². The van der Waals surface area contributed by atoms with E-state index in [9.17, 15) is 4.79 Å². The number of carbonyl (C=O) groups is 1. The topological polar surface area (TPSA) is 44.8 Å². The van der Waals surface area contributed by atoms with Crippen molar-refractivity contribution in [3.63, 3.8) is 0 Å². The zero-order valence-corrected chi connectivity index (χ0v) is 20.7. The van der Waals surface area contributed by atoms with Gasteiger partial charge in [0.05, 0.1) is 31.1 Å². The molecule has 0 unspecified atom stereocenters. The van der Waals surface area contributed by atoms with Gasteiger partial charge in [-0.2, -0.15) is 5.30 Å². The van der Waals surface area contributed by atoms with Crippen molar-refractivity contribution in [1.82, 2.24) is 0 Å². The summed E-state index contributed by atoms with van der Waals surface area (Å²) in [5, 5.41) is 1.17. The van der Waals surface area contributed by atoms with E-state index in [-0.39, 0.29) is 24.4 Å². The van der Waals surface area contributed by atoms with Crippen LogP contribution in [0.1, 0.15) is 62.7 Å². The van der Waals surface area contributed by atoms with Gasteiger partial charge in [-0.3, -0.25) is 0 Å². The molecule has 31 heavy (non-hydrogen) atoms. The van der Waals surface area contributed by atoms with Gasteiger partial charge in [0.15, 0.2) is 0 Å². The third kappa shape index (κ3) is 9.07. The van der Waals surface area contributed by atoms with Gasteiger partial charge in [0, 0.05) is 17.2 Å². The molecule has 0 spiro atoms. The number of ether oxygens (including phenoxy) is 3. The summed E-state index contributed by atoms with van der Waals surface area (Å²) in [6, 6.07) is 10.9. The molecule has 0 fully saturated rings. The second kappa shape index (κ2) is 15.6. The predicted molar refractivity (Wildman–Crippen MR) is 125 cm³/mol. The SMILES string of the molecule is CCCCCOc1ccc([P-]C(=O)c2c(Cl)cccc2OC)c(OCCCCC)c1.[Li+]. The van der Waals surface area contributed by atoms with Crippen LogP contribution in [-0.4, -0.2) is 25.8 Å². The molecule has 0 saturated heterocycles. The van der Waals surface area contributed by atoms with Crippen LogP contribution in [0.2, 0.25) is 5.02 Å². The zero-order chi connectivity index (χ0) is 21.8. The summed E-state index contributed by atoms with van der Waals surface area (Å²) in [6.07, 6.45) is 6.52. The van der Waals surface area contributed by atoms with Crippen LogP contribution in [0.15, 0.2) is 36.4 Å². The zero-order valence-electron chi connectivity index (χ0n) is 19.1. The Hall–Kier alpha value is -1.17. The molecular weight excluding hydrogens is 426 g/mol. The molecule has 164 valence electrons. The van der Waals surface area contributed by atoms with E-state index in [1.54, 1.807) is 18.2 Å². The van der Waals surface area contributed by atoms with Crippen LogP contribution in [-0.2, 0) is 0 Å². The summed E-state index contributed by atoms with van der Waals surface area (Å²) in [4.78, 5) is 13.0. The Morgan fingerprint density at radius 2 is 1.61 bits per heavy atom. The van der Waals surface area contributed by atoms with Crippen molar-refractivity contribution in [3.8, 4) is 17.2 Å². The maximum atomic E-state index is 13.0. The van der Waals surface area contributed by atoms with E-state index >= 15 is 0 Å². The van der Waals surface area contributed by atoms with Crippen molar-refractivity contribution >= 4 is 31.0 Å². The fourth-order valence-corrected chi connectivity index (χ4v) is 4.18. The summed E-state index contributed by atoms with van der Waals surface area (Å²) >= 11 is 6.28. The van der Waals surface area contributed by atoms with Crippen molar-refractivity contribution < 1.29 is 37.9 Å². The second-order valence-electron chi connectivity index (χ2n) is 6.97. The molecule has 0 saturated carbocycles. The van der Waals surface area contributed by atoms with Gasteiger partial charge in [0.25, 0.3) is 0 Å². The molecular formula is C24H31ClLiO4P. The first-order chi connectivity index (χ1) is 14.6. The summed E-state index contributed by atoms with van der Waals surface area (Å²) in [5.74, 6) is 1.92. The number of benzene rings is 2. The van der Waals surface area contributed by atoms with Crippen LogP contribution in [0.3, 0.4) is 0 Å². The van der Waals surface area contributed by atoms with E-state index in [1.807, 2.05) is 18.2 Å². The first kappa shape index (κ1) is 27.9. The fourth-order valence-electron chi connectivity index (χ4n) is 2.92. The molecule has 7 heteroatoms. The van der Waals surface area contributed by atoms with Crippen LogP contribution in [0.4, 0.5) is 0 Å². The molecule has 0 bridgehead atoms. The molecule has 4 nitrogen and oxygen atoms in total. The van der Waals surface area contributed by atoms with E-state index < -0.39 is 0 Å². The smallest absolute Gasteiger partial charge is 0.496 e. The van der Waals surface area contributed by atoms with Crippen LogP contribution < -0.4 is 38.4 Å². The number of hydrogen-bond donors (Lipinski definition) is 0. The van der Waals surface area contributed by atoms with Gasteiger partial charge in [0.1, 0.15) is 11.5 Å². The van der Waals surface area contributed by atoms with Gasteiger partial charge in [-0.1, -0.05) is 63.3 Å². The second-order valence-corrected chi connectivity index (χ2v) is 8.49. The van der Waals surface area contributed by atoms with Gasteiger partial charge >= 0.3 is 18.9 Å². The van der Waals surface area contributed by atoms with E-state index in [4.69, 9.17) is 25.8 Å². The molecule has 2 rings (SSSR count). The molecule has 0 aliphatic rings. The summed E-state index contributed by atoms with van der Waals surface area (Å²) in [6.45, 7) is 5.61. The Balaban J connectivity index is 0.00000480. The van der Waals surface area contributed by atoms with Gasteiger partial charge < -0.3 is 27.6 Å². The molecule has 0 aromatic heterocycles. The van der Waals surface area contributed by atoms with Crippen molar-refractivity contribution in [1.29, 1.82) is 0 Å². The Morgan fingerprint density at radius 1 is 0.935 bits per heavy atom. The summed E-state index contributed by atoms with van der Waals surface area (Å²) in [7, 11) is 2.02. The van der Waals surface area contributed by atoms with Crippen molar-refractivity contribution in [2.75, 3.05) is 20.3 Å². The van der Waals surface area contributed by atoms with E-state index in [0.29, 0.717) is 43.9 Å². The Bertz CT molecular complexity index is 816. The first-order valence-electron chi connectivity index (χ1n) is 10.6. The van der Waals surface area contributed by atoms with Gasteiger partial charge in [0.2, 0.25) is 0 Å². The van der Waals surface area contributed by atoms with E-state index in [0.717, 1.165) is 49.6 Å². The summed E-state index contributed by atoms with van der Waals surface area (Å²) in [5.41, 5.74) is 0.257. The van der Waals surface area contributed by atoms with Crippen molar-refractivity contribution in [3.05, 3.63) is 47.0 Å². The molecule has 0 heterocycles. The van der Waals surface area contributed by atoms with Crippen molar-refractivity contribution in [2.45, 2.75) is 52.4 Å². The van der Waals surface area contributed by atoms with E-state index in [1.165, 1.54) is 7.11 Å². The quantitative estimate of drug-likeness (QED) is 0.246.